The Morgan fingerprint density at radius 1 is 1.60 bits per heavy atom. The first-order valence-electron chi connectivity index (χ1n) is 4.45. The van der Waals surface area contributed by atoms with Crippen LogP contribution in [0, 0.1) is 0 Å². The summed E-state index contributed by atoms with van der Waals surface area (Å²) in [5.41, 5.74) is 8.15. The van der Waals surface area contributed by atoms with Gasteiger partial charge in [0.15, 0.2) is 0 Å². The number of amidine groups is 1. The fraction of sp³-hybridized carbons (Fsp3) is 0.222. The molecule has 0 radical (unpaired) electrons. The summed E-state index contributed by atoms with van der Waals surface area (Å²) in [6.45, 7) is 0. The Morgan fingerprint density at radius 3 is 3.13 bits per heavy atom. The van der Waals surface area contributed by atoms with E-state index in [2.05, 4.69) is 15.5 Å². The molecule has 0 unspecified atom stereocenters. The molecule has 0 aliphatic rings. The second kappa shape index (κ2) is 3.56. The summed E-state index contributed by atoms with van der Waals surface area (Å²) in [6.07, 6.45) is 0.414. The first kappa shape index (κ1) is 9.45. The molecule has 6 heteroatoms. The van der Waals surface area contributed by atoms with E-state index in [1.165, 1.54) is 0 Å². The summed E-state index contributed by atoms with van der Waals surface area (Å²) >= 11 is 0. The number of benzene rings is 1. The van der Waals surface area contributed by atoms with Crippen LogP contribution < -0.4 is 5.73 Å². The molecule has 0 aliphatic carbocycles. The van der Waals surface area contributed by atoms with Gasteiger partial charge in [0.2, 0.25) is 0 Å². The summed E-state index contributed by atoms with van der Waals surface area (Å²) in [7, 11) is 1.82. The summed E-state index contributed by atoms with van der Waals surface area (Å²) in [5.74, 6) is 0.185. The molecule has 0 fully saturated rings. The monoisotopic (exact) mass is 205 g/mol. The van der Waals surface area contributed by atoms with Crippen molar-refractivity contribution in [1.29, 1.82) is 0 Å². The van der Waals surface area contributed by atoms with Crippen LogP contribution in [-0.2, 0) is 13.5 Å². The lowest BCUT2D eigenvalue weighted by atomic mass is 10.1. The van der Waals surface area contributed by atoms with E-state index >= 15 is 0 Å². The predicted octanol–water partition coefficient (Wildman–Crippen LogP) is 0.257. The third-order valence-electron chi connectivity index (χ3n) is 2.19. The van der Waals surface area contributed by atoms with Gasteiger partial charge < -0.3 is 10.9 Å². The van der Waals surface area contributed by atoms with Crippen LogP contribution in [0.2, 0.25) is 0 Å². The maximum absolute atomic E-state index is 8.46. The average molecular weight is 205 g/mol. The highest BCUT2D eigenvalue weighted by atomic mass is 16.4. The molecule has 0 atom stereocenters. The van der Waals surface area contributed by atoms with E-state index in [0.717, 1.165) is 16.6 Å². The number of hydrogen-bond donors (Lipinski definition) is 2. The Labute approximate surface area is 86.0 Å². The van der Waals surface area contributed by atoms with Gasteiger partial charge in [0.05, 0.1) is 5.52 Å². The van der Waals surface area contributed by atoms with E-state index in [1.54, 1.807) is 4.68 Å². The molecule has 2 rings (SSSR count). The van der Waals surface area contributed by atoms with Crippen molar-refractivity contribution < 1.29 is 5.21 Å². The fourth-order valence-electron chi connectivity index (χ4n) is 1.43. The van der Waals surface area contributed by atoms with Crippen LogP contribution in [-0.4, -0.2) is 26.0 Å². The number of fused-ring (bicyclic) bond motifs is 1. The molecule has 0 bridgehead atoms. The lowest BCUT2D eigenvalue weighted by Crippen LogP contribution is -2.14. The molecule has 3 N–H and O–H groups in total. The molecule has 0 saturated carbocycles. The molecule has 1 heterocycles. The van der Waals surface area contributed by atoms with Gasteiger partial charge in [-0.05, 0) is 17.7 Å². The second-order valence-electron chi connectivity index (χ2n) is 3.30. The molecule has 2 aromatic rings. The smallest absolute Gasteiger partial charge is 0.143 e. The van der Waals surface area contributed by atoms with Crippen molar-refractivity contribution in [3.63, 3.8) is 0 Å². The van der Waals surface area contributed by atoms with E-state index in [0.29, 0.717) is 6.42 Å². The Bertz CT molecular complexity index is 516. The highest BCUT2D eigenvalue weighted by Gasteiger charge is 2.03. The van der Waals surface area contributed by atoms with Crippen LogP contribution in [0.1, 0.15) is 5.56 Å². The number of oxime groups is 1. The molecule has 6 nitrogen and oxygen atoms in total. The number of nitrogens with two attached hydrogens (primary N) is 1. The van der Waals surface area contributed by atoms with Crippen molar-refractivity contribution in [2.45, 2.75) is 6.42 Å². The second-order valence-corrected chi connectivity index (χ2v) is 3.30. The molecule has 0 aliphatic heterocycles. The molecule has 15 heavy (non-hydrogen) atoms. The molecular weight excluding hydrogens is 194 g/mol. The van der Waals surface area contributed by atoms with Crippen molar-refractivity contribution >= 4 is 16.9 Å². The summed E-state index contributed by atoms with van der Waals surface area (Å²) < 4.78 is 1.69. The summed E-state index contributed by atoms with van der Waals surface area (Å²) in [4.78, 5) is 0. The van der Waals surface area contributed by atoms with Crippen molar-refractivity contribution in [2.75, 3.05) is 0 Å². The minimum atomic E-state index is 0.185. The zero-order valence-corrected chi connectivity index (χ0v) is 8.25. The highest BCUT2D eigenvalue weighted by molar-refractivity contribution is 5.83. The molecule has 78 valence electrons. The lowest BCUT2D eigenvalue weighted by Gasteiger charge is -1.99. The van der Waals surface area contributed by atoms with Crippen LogP contribution in [0.3, 0.4) is 0 Å². The molecule has 0 amide bonds. The van der Waals surface area contributed by atoms with Crippen LogP contribution in [0.4, 0.5) is 0 Å². The fourth-order valence-corrected chi connectivity index (χ4v) is 1.43. The lowest BCUT2D eigenvalue weighted by molar-refractivity contribution is 0.317. The van der Waals surface area contributed by atoms with Crippen LogP contribution >= 0.6 is 0 Å². The maximum Gasteiger partial charge on any atom is 0.143 e. The zero-order valence-electron chi connectivity index (χ0n) is 8.25. The van der Waals surface area contributed by atoms with Crippen LogP contribution in [0.5, 0.6) is 0 Å². The van der Waals surface area contributed by atoms with Gasteiger partial charge in [0, 0.05) is 13.5 Å². The van der Waals surface area contributed by atoms with Crippen molar-refractivity contribution in [3.05, 3.63) is 23.8 Å². The van der Waals surface area contributed by atoms with Gasteiger partial charge >= 0.3 is 0 Å². The summed E-state index contributed by atoms with van der Waals surface area (Å²) in [5, 5.41) is 19.2. The Balaban J connectivity index is 2.41. The average Bonchev–Trinajstić information content (AvgIpc) is 2.60. The predicted molar refractivity (Wildman–Crippen MR) is 55.6 cm³/mol. The minimum Gasteiger partial charge on any atom is -0.409 e. The van der Waals surface area contributed by atoms with Gasteiger partial charge in [-0.1, -0.05) is 16.4 Å². The number of aromatic nitrogens is 3. The zero-order chi connectivity index (χ0) is 10.8. The van der Waals surface area contributed by atoms with Crippen molar-refractivity contribution in [2.24, 2.45) is 17.9 Å². The summed E-state index contributed by atoms with van der Waals surface area (Å²) in [6, 6.07) is 5.67. The maximum atomic E-state index is 8.46. The quantitative estimate of drug-likeness (QED) is 0.318. The molecular formula is C9H11N5O. The normalized spacial score (nSPS) is 12.2. The van der Waals surface area contributed by atoms with Crippen LogP contribution in [0.25, 0.3) is 11.0 Å². The Hall–Kier alpha value is -2.11. The number of rotatable bonds is 2. The standard InChI is InChI=1S/C9H11N5O/c1-14-8-4-6(5-9(10)12-15)2-3-7(8)11-13-14/h2-4,15H,5H2,1H3,(H2,10,12). The van der Waals surface area contributed by atoms with Crippen molar-refractivity contribution in [3.8, 4) is 0 Å². The minimum absolute atomic E-state index is 0.185. The third kappa shape index (κ3) is 1.74. The van der Waals surface area contributed by atoms with Gasteiger partial charge in [-0.15, -0.1) is 5.10 Å². The molecule has 1 aromatic carbocycles. The largest absolute Gasteiger partial charge is 0.409 e. The van der Waals surface area contributed by atoms with E-state index in [4.69, 9.17) is 10.9 Å². The van der Waals surface area contributed by atoms with Gasteiger partial charge in [-0.2, -0.15) is 0 Å². The van der Waals surface area contributed by atoms with Gasteiger partial charge in [-0.3, -0.25) is 0 Å². The topological polar surface area (TPSA) is 89.3 Å². The Morgan fingerprint density at radius 2 is 2.40 bits per heavy atom. The first-order valence-corrected chi connectivity index (χ1v) is 4.45. The molecule has 0 saturated heterocycles. The molecule has 1 aromatic heterocycles. The van der Waals surface area contributed by atoms with E-state index in [-0.39, 0.29) is 5.84 Å². The van der Waals surface area contributed by atoms with Crippen LogP contribution in [0.15, 0.2) is 23.4 Å². The Kier molecular flexibility index (Phi) is 2.24. The SMILES string of the molecule is Cn1nnc2ccc(C/C(N)=N/O)cc21. The van der Waals surface area contributed by atoms with Gasteiger partial charge in [0.1, 0.15) is 11.4 Å². The highest BCUT2D eigenvalue weighted by Crippen LogP contribution is 2.12. The number of aryl methyl sites for hydroxylation is 1. The van der Waals surface area contributed by atoms with Gasteiger partial charge in [-0.25, -0.2) is 4.68 Å². The number of hydrogen-bond acceptors (Lipinski definition) is 4. The number of nitrogens with zero attached hydrogens (tertiary/aromatic N) is 4. The molecule has 0 spiro atoms. The van der Waals surface area contributed by atoms with Crippen molar-refractivity contribution in [1.82, 2.24) is 15.0 Å². The first-order chi connectivity index (χ1) is 7.20. The third-order valence-corrected chi connectivity index (χ3v) is 2.19. The van der Waals surface area contributed by atoms with E-state index in [9.17, 15) is 0 Å². The van der Waals surface area contributed by atoms with E-state index < -0.39 is 0 Å². The van der Waals surface area contributed by atoms with Gasteiger partial charge in [0.25, 0.3) is 0 Å². The van der Waals surface area contributed by atoms with E-state index in [1.807, 2.05) is 25.2 Å².